The number of ether oxygens (including phenoxy) is 1. The van der Waals surface area contributed by atoms with Crippen LogP contribution in [0.1, 0.15) is 28.9 Å². The van der Waals surface area contributed by atoms with Gasteiger partial charge in [0.2, 0.25) is 5.88 Å². The summed E-state index contributed by atoms with van der Waals surface area (Å²) >= 11 is 0. The summed E-state index contributed by atoms with van der Waals surface area (Å²) in [7, 11) is 1.49. The number of nitrogens with zero attached hydrogens (tertiary/aromatic N) is 1. The third-order valence-corrected chi connectivity index (χ3v) is 2.97. The van der Waals surface area contributed by atoms with Crippen molar-refractivity contribution in [1.82, 2.24) is 10.3 Å². The molecule has 1 heterocycles. The fourth-order valence-electron chi connectivity index (χ4n) is 1.91. The number of amides is 1. The largest absolute Gasteiger partial charge is 0.480 e. The number of nitrogens with two attached hydrogens (primary N) is 1. The molecule has 1 aromatic carbocycles. The predicted octanol–water partition coefficient (Wildman–Crippen LogP) is 2.16. The van der Waals surface area contributed by atoms with Crippen molar-refractivity contribution in [2.24, 2.45) is 0 Å². The highest BCUT2D eigenvalue weighted by Gasteiger charge is 2.15. The summed E-state index contributed by atoms with van der Waals surface area (Å²) in [5.74, 6) is 0.0784. The smallest absolute Gasteiger partial charge is 0.257 e. The molecule has 0 fully saturated rings. The van der Waals surface area contributed by atoms with Gasteiger partial charge in [0, 0.05) is 11.9 Å². The molecule has 0 aliphatic rings. The van der Waals surface area contributed by atoms with Crippen LogP contribution >= 0.6 is 0 Å². The molecular formula is C15H17N3O2. The second kappa shape index (κ2) is 6.06. The van der Waals surface area contributed by atoms with E-state index in [2.05, 4.69) is 10.3 Å². The molecule has 2 rings (SSSR count). The van der Waals surface area contributed by atoms with E-state index in [-0.39, 0.29) is 11.9 Å². The summed E-state index contributed by atoms with van der Waals surface area (Å²) in [5.41, 5.74) is 7.76. The van der Waals surface area contributed by atoms with E-state index in [9.17, 15) is 4.79 Å². The molecule has 20 heavy (non-hydrogen) atoms. The van der Waals surface area contributed by atoms with Crippen LogP contribution in [-0.2, 0) is 0 Å². The molecule has 2 aromatic rings. The van der Waals surface area contributed by atoms with Gasteiger partial charge in [0.25, 0.3) is 5.91 Å². The highest BCUT2D eigenvalue weighted by molar-refractivity contribution is 5.96. The Morgan fingerprint density at radius 2 is 2.15 bits per heavy atom. The molecule has 1 atom stereocenters. The van der Waals surface area contributed by atoms with Crippen LogP contribution in [0.5, 0.6) is 5.88 Å². The number of pyridine rings is 1. The Hall–Kier alpha value is -2.56. The normalized spacial score (nSPS) is 11.7. The van der Waals surface area contributed by atoms with Gasteiger partial charge in [0.05, 0.1) is 13.2 Å². The van der Waals surface area contributed by atoms with Gasteiger partial charge < -0.3 is 15.8 Å². The summed E-state index contributed by atoms with van der Waals surface area (Å²) in [4.78, 5) is 16.2. The second-order valence-electron chi connectivity index (χ2n) is 4.43. The molecule has 0 radical (unpaired) electrons. The van der Waals surface area contributed by atoms with Crippen LogP contribution in [0.4, 0.5) is 5.69 Å². The average Bonchev–Trinajstić information content (AvgIpc) is 2.47. The van der Waals surface area contributed by atoms with Gasteiger partial charge in [-0.25, -0.2) is 4.98 Å². The number of methoxy groups -OCH3 is 1. The maximum absolute atomic E-state index is 12.2. The number of carbonyl (C=O) groups is 1. The Kier molecular flexibility index (Phi) is 4.20. The fourth-order valence-corrected chi connectivity index (χ4v) is 1.91. The topological polar surface area (TPSA) is 77.2 Å². The van der Waals surface area contributed by atoms with Gasteiger partial charge in [-0.15, -0.1) is 0 Å². The lowest BCUT2D eigenvalue weighted by molar-refractivity contribution is 0.0936. The first kappa shape index (κ1) is 13.9. The highest BCUT2D eigenvalue weighted by atomic mass is 16.5. The summed E-state index contributed by atoms with van der Waals surface area (Å²) in [6, 6.07) is 10.6. The zero-order valence-corrected chi connectivity index (χ0v) is 11.5. The summed E-state index contributed by atoms with van der Waals surface area (Å²) in [6.07, 6.45) is 1.58. The van der Waals surface area contributed by atoms with Gasteiger partial charge in [-0.05, 0) is 36.8 Å². The van der Waals surface area contributed by atoms with Crippen molar-refractivity contribution in [1.29, 1.82) is 0 Å². The summed E-state index contributed by atoms with van der Waals surface area (Å²) < 4.78 is 5.08. The maximum Gasteiger partial charge on any atom is 0.257 e. The van der Waals surface area contributed by atoms with E-state index < -0.39 is 0 Å². The quantitative estimate of drug-likeness (QED) is 0.835. The number of aromatic nitrogens is 1. The van der Waals surface area contributed by atoms with E-state index in [0.29, 0.717) is 17.1 Å². The zero-order chi connectivity index (χ0) is 14.5. The second-order valence-corrected chi connectivity index (χ2v) is 4.43. The van der Waals surface area contributed by atoms with Gasteiger partial charge in [-0.3, -0.25) is 4.79 Å². The molecule has 0 spiro atoms. The summed E-state index contributed by atoms with van der Waals surface area (Å²) in [6.45, 7) is 1.90. The molecule has 0 aliphatic carbocycles. The van der Waals surface area contributed by atoms with E-state index in [4.69, 9.17) is 10.5 Å². The van der Waals surface area contributed by atoms with Gasteiger partial charge in [0.1, 0.15) is 5.56 Å². The van der Waals surface area contributed by atoms with Crippen molar-refractivity contribution >= 4 is 11.6 Å². The molecule has 5 nitrogen and oxygen atoms in total. The maximum atomic E-state index is 12.2. The SMILES string of the molecule is COc1ncccc1C(=O)NC(C)c1cccc(N)c1. The van der Waals surface area contributed by atoms with Gasteiger partial charge >= 0.3 is 0 Å². The van der Waals surface area contributed by atoms with Crippen molar-refractivity contribution in [3.05, 3.63) is 53.7 Å². The third-order valence-electron chi connectivity index (χ3n) is 2.97. The Morgan fingerprint density at radius 1 is 1.35 bits per heavy atom. The van der Waals surface area contributed by atoms with E-state index in [0.717, 1.165) is 5.56 Å². The lowest BCUT2D eigenvalue weighted by Gasteiger charge is -2.15. The lowest BCUT2D eigenvalue weighted by Crippen LogP contribution is -2.27. The van der Waals surface area contributed by atoms with E-state index in [1.165, 1.54) is 7.11 Å². The Morgan fingerprint density at radius 3 is 2.85 bits per heavy atom. The van der Waals surface area contributed by atoms with E-state index in [1.807, 2.05) is 31.2 Å². The van der Waals surface area contributed by atoms with Crippen molar-refractivity contribution < 1.29 is 9.53 Å². The number of nitrogen functional groups attached to an aromatic ring is 1. The number of hydrogen-bond donors (Lipinski definition) is 2. The molecular weight excluding hydrogens is 254 g/mol. The molecule has 1 amide bonds. The third kappa shape index (κ3) is 3.06. The minimum Gasteiger partial charge on any atom is -0.480 e. The predicted molar refractivity (Wildman–Crippen MR) is 77.5 cm³/mol. The zero-order valence-electron chi connectivity index (χ0n) is 11.5. The van der Waals surface area contributed by atoms with Crippen molar-refractivity contribution in [3.63, 3.8) is 0 Å². The van der Waals surface area contributed by atoms with E-state index >= 15 is 0 Å². The number of anilines is 1. The summed E-state index contributed by atoms with van der Waals surface area (Å²) in [5, 5.41) is 2.90. The molecule has 5 heteroatoms. The lowest BCUT2D eigenvalue weighted by atomic mass is 10.1. The molecule has 0 saturated carbocycles. The molecule has 104 valence electrons. The van der Waals surface area contributed by atoms with Crippen LogP contribution in [0, 0.1) is 0 Å². The molecule has 1 unspecified atom stereocenters. The van der Waals surface area contributed by atoms with Crippen molar-refractivity contribution in [2.45, 2.75) is 13.0 Å². The molecule has 0 aliphatic heterocycles. The van der Waals surface area contributed by atoms with Crippen LogP contribution in [-0.4, -0.2) is 18.0 Å². The van der Waals surface area contributed by atoms with Gasteiger partial charge in [0.15, 0.2) is 0 Å². The van der Waals surface area contributed by atoms with Crippen LogP contribution in [0.2, 0.25) is 0 Å². The molecule has 1 aromatic heterocycles. The molecule has 3 N–H and O–H groups in total. The van der Waals surface area contributed by atoms with Gasteiger partial charge in [-0.1, -0.05) is 12.1 Å². The number of rotatable bonds is 4. The first-order valence-corrected chi connectivity index (χ1v) is 6.27. The standard InChI is InChI=1S/C15H17N3O2/c1-10(11-5-3-6-12(16)9-11)18-14(19)13-7-4-8-17-15(13)20-2/h3-10H,16H2,1-2H3,(H,18,19). The first-order chi connectivity index (χ1) is 9.61. The Labute approximate surface area is 117 Å². The molecule has 0 bridgehead atoms. The Bertz CT molecular complexity index is 614. The van der Waals surface area contributed by atoms with E-state index in [1.54, 1.807) is 18.3 Å². The van der Waals surface area contributed by atoms with Crippen molar-refractivity contribution in [2.75, 3.05) is 12.8 Å². The van der Waals surface area contributed by atoms with Crippen LogP contribution < -0.4 is 15.8 Å². The minimum absolute atomic E-state index is 0.157. The Balaban J connectivity index is 2.15. The highest BCUT2D eigenvalue weighted by Crippen LogP contribution is 2.18. The number of nitrogens with one attached hydrogen (secondary N) is 1. The first-order valence-electron chi connectivity index (χ1n) is 6.27. The number of hydrogen-bond acceptors (Lipinski definition) is 4. The molecule has 0 saturated heterocycles. The monoisotopic (exact) mass is 271 g/mol. The van der Waals surface area contributed by atoms with Crippen LogP contribution in [0.25, 0.3) is 0 Å². The van der Waals surface area contributed by atoms with Crippen molar-refractivity contribution in [3.8, 4) is 5.88 Å². The number of benzene rings is 1. The minimum atomic E-state index is -0.232. The van der Waals surface area contributed by atoms with Gasteiger partial charge in [-0.2, -0.15) is 0 Å². The fraction of sp³-hybridized carbons (Fsp3) is 0.200. The average molecular weight is 271 g/mol. The van der Waals surface area contributed by atoms with Crippen LogP contribution in [0.15, 0.2) is 42.6 Å². The van der Waals surface area contributed by atoms with Crippen LogP contribution in [0.3, 0.4) is 0 Å². The number of carbonyl (C=O) groups excluding carboxylic acids is 1.